The van der Waals surface area contributed by atoms with Gasteiger partial charge in [-0.15, -0.1) is 0 Å². The largest absolute Gasteiger partial charge is 0.493 e. The standard InChI is InChI=1S/C30H27ClN2O6S/c1-38-27-16-14-23(19-28(27)39-2)40(36,37)33-26(17-20-9-5-3-6-10-20)30(35)32-25-15-13-22(31)18-24(25)29(34)21-11-7-4-8-12-21/h3-16,18-19,26,33H,17H2,1-2H3,(H,32,35)/t26-/m1/s1. The Kier molecular flexibility index (Phi) is 9.21. The Balaban J connectivity index is 1.67. The number of hydrogen-bond donors (Lipinski definition) is 2. The highest BCUT2D eigenvalue weighted by Crippen LogP contribution is 2.30. The SMILES string of the molecule is COc1ccc(S(=O)(=O)N[C@H](Cc2ccccc2)C(=O)Nc2ccc(Cl)cc2C(=O)c2ccccc2)cc1OC. The monoisotopic (exact) mass is 578 g/mol. The molecule has 0 aliphatic carbocycles. The highest BCUT2D eigenvalue weighted by molar-refractivity contribution is 7.89. The van der Waals surface area contributed by atoms with Gasteiger partial charge in [0.2, 0.25) is 15.9 Å². The zero-order valence-electron chi connectivity index (χ0n) is 21.8. The van der Waals surface area contributed by atoms with Crippen LogP contribution in [-0.4, -0.2) is 40.4 Å². The van der Waals surface area contributed by atoms with E-state index < -0.39 is 22.0 Å². The second kappa shape index (κ2) is 12.8. The van der Waals surface area contributed by atoms with Gasteiger partial charge in [-0.2, -0.15) is 4.72 Å². The summed E-state index contributed by atoms with van der Waals surface area (Å²) in [5, 5.41) is 3.05. The van der Waals surface area contributed by atoms with Crippen LogP contribution in [0.15, 0.2) is 102 Å². The average molecular weight is 579 g/mol. The maximum atomic E-state index is 13.6. The summed E-state index contributed by atoms with van der Waals surface area (Å²) in [7, 11) is -1.35. The van der Waals surface area contributed by atoms with Gasteiger partial charge in [0.25, 0.3) is 0 Å². The first-order chi connectivity index (χ1) is 19.2. The van der Waals surface area contributed by atoms with Gasteiger partial charge in [0, 0.05) is 22.2 Å². The van der Waals surface area contributed by atoms with E-state index in [0.29, 0.717) is 16.3 Å². The third-order valence-corrected chi connectivity index (χ3v) is 7.79. The summed E-state index contributed by atoms with van der Waals surface area (Å²) in [4.78, 5) is 26.8. The molecule has 0 heterocycles. The topological polar surface area (TPSA) is 111 Å². The molecule has 4 rings (SSSR count). The van der Waals surface area contributed by atoms with Gasteiger partial charge >= 0.3 is 0 Å². The molecule has 1 atom stereocenters. The number of anilines is 1. The molecule has 0 aliphatic rings. The van der Waals surface area contributed by atoms with Crippen LogP contribution in [0.25, 0.3) is 0 Å². The van der Waals surface area contributed by atoms with Crippen molar-refractivity contribution in [1.29, 1.82) is 0 Å². The molecule has 1 amide bonds. The molecule has 8 nitrogen and oxygen atoms in total. The molecular weight excluding hydrogens is 552 g/mol. The Morgan fingerprint density at radius 3 is 2.12 bits per heavy atom. The van der Waals surface area contributed by atoms with Crippen molar-refractivity contribution in [2.24, 2.45) is 0 Å². The number of benzene rings is 4. The quantitative estimate of drug-likeness (QED) is 0.239. The van der Waals surface area contributed by atoms with Crippen LogP contribution in [0.5, 0.6) is 11.5 Å². The van der Waals surface area contributed by atoms with Crippen LogP contribution in [0, 0.1) is 0 Å². The Bertz CT molecular complexity index is 1610. The molecule has 0 aromatic heterocycles. The maximum absolute atomic E-state index is 13.6. The van der Waals surface area contributed by atoms with Gasteiger partial charge in [-0.3, -0.25) is 9.59 Å². The van der Waals surface area contributed by atoms with E-state index in [2.05, 4.69) is 10.0 Å². The Morgan fingerprint density at radius 2 is 1.48 bits per heavy atom. The number of nitrogens with one attached hydrogen (secondary N) is 2. The van der Waals surface area contributed by atoms with Crippen LogP contribution < -0.4 is 19.5 Å². The number of hydrogen-bond acceptors (Lipinski definition) is 6. The van der Waals surface area contributed by atoms with Crippen molar-refractivity contribution < 1.29 is 27.5 Å². The number of halogens is 1. The molecule has 0 saturated heterocycles. The average Bonchev–Trinajstić information content (AvgIpc) is 2.97. The second-order valence-electron chi connectivity index (χ2n) is 8.75. The predicted octanol–water partition coefficient (Wildman–Crippen LogP) is 5.12. The molecule has 10 heteroatoms. The number of carbonyl (C=O) groups excluding carboxylic acids is 2. The molecule has 4 aromatic rings. The van der Waals surface area contributed by atoms with E-state index in [4.69, 9.17) is 21.1 Å². The van der Waals surface area contributed by atoms with E-state index in [1.807, 2.05) is 6.07 Å². The first-order valence-corrected chi connectivity index (χ1v) is 14.1. The molecule has 0 radical (unpaired) electrons. The highest BCUT2D eigenvalue weighted by atomic mass is 35.5. The normalized spacial score (nSPS) is 11.9. The number of ketones is 1. The summed E-state index contributed by atoms with van der Waals surface area (Å²) in [5.41, 5.74) is 1.52. The number of amides is 1. The van der Waals surface area contributed by atoms with Gasteiger partial charge in [-0.1, -0.05) is 72.3 Å². The van der Waals surface area contributed by atoms with Crippen LogP contribution in [0.3, 0.4) is 0 Å². The summed E-state index contributed by atoms with van der Waals surface area (Å²) in [6, 6.07) is 25.0. The second-order valence-corrected chi connectivity index (χ2v) is 10.9. The number of carbonyl (C=O) groups is 2. The summed E-state index contributed by atoms with van der Waals surface area (Å²) < 4.78 is 39.8. The lowest BCUT2D eigenvalue weighted by atomic mass is 10.0. The van der Waals surface area contributed by atoms with E-state index in [1.54, 1.807) is 60.7 Å². The van der Waals surface area contributed by atoms with Gasteiger partial charge in [-0.25, -0.2) is 8.42 Å². The van der Waals surface area contributed by atoms with E-state index in [-0.39, 0.29) is 34.1 Å². The predicted molar refractivity (Wildman–Crippen MR) is 154 cm³/mol. The molecule has 0 spiro atoms. The van der Waals surface area contributed by atoms with E-state index in [9.17, 15) is 18.0 Å². The fourth-order valence-corrected chi connectivity index (χ4v) is 5.44. The molecule has 0 fully saturated rings. The zero-order valence-corrected chi connectivity index (χ0v) is 23.3. The van der Waals surface area contributed by atoms with Crippen LogP contribution >= 0.6 is 11.6 Å². The van der Waals surface area contributed by atoms with Gasteiger partial charge < -0.3 is 14.8 Å². The third-order valence-electron chi connectivity index (χ3n) is 6.08. The van der Waals surface area contributed by atoms with E-state index in [0.717, 1.165) is 5.56 Å². The molecule has 2 N–H and O–H groups in total. The molecular formula is C30H27ClN2O6S. The van der Waals surface area contributed by atoms with Gasteiger partial charge in [0.05, 0.1) is 24.8 Å². The maximum Gasteiger partial charge on any atom is 0.242 e. The van der Waals surface area contributed by atoms with E-state index in [1.165, 1.54) is 44.6 Å². The minimum Gasteiger partial charge on any atom is -0.493 e. The molecule has 0 aliphatic heterocycles. The lowest BCUT2D eigenvalue weighted by Crippen LogP contribution is -2.45. The van der Waals surface area contributed by atoms with Crippen molar-refractivity contribution in [2.75, 3.05) is 19.5 Å². The van der Waals surface area contributed by atoms with Crippen molar-refractivity contribution in [3.8, 4) is 11.5 Å². The molecule has 0 unspecified atom stereocenters. The third kappa shape index (κ3) is 6.87. The minimum atomic E-state index is -4.19. The van der Waals surface area contributed by atoms with Crippen molar-refractivity contribution in [3.63, 3.8) is 0 Å². The van der Waals surface area contributed by atoms with E-state index >= 15 is 0 Å². The molecule has 40 heavy (non-hydrogen) atoms. The number of methoxy groups -OCH3 is 2. The summed E-state index contributed by atoms with van der Waals surface area (Å²) in [5.74, 6) is -0.417. The zero-order chi connectivity index (χ0) is 28.7. The number of ether oxygens (including phenoxy) is 2. The molecule has 0 saturated carbocycles. The van der Waals surface area contributed by atoms with Crippen LogP contribution in [-0.2, 0) is 21.2 Å². The van der Waals surface area contributed by atoms with Crippen LogP contribution in [0.2, 0.25) is 5.02 Å². The first-order valence-electron chi connectivity index (χ1n) is 12.2. The Morgan fingerprint density at radius 1 is 0.825 bits per heavy atom. The summed E-state index contributed by atoms with van der Waals surface area (Å²) >= 11 is 6.18. The van der Waals surface area contributed by atoms with Gasteiger partial charge in [0.15, 0.2) is 17.3 Å². The molecule has 206 valence electrons. The fraction of sp³-hybridized carbons (Fsp3) is 0.133. The van der Waals surface area contributed by atoms with Gasteiger partial charge in [-0.05, 0) is 42.3 Å². The highest BCUT2D eigenvalue weighted by Gasteiger charge is 2.28. The lowest BCUT2D eigenvalue weighted by Gasteiger charge is -2.20. The summed E-state index contributed by atoms with van der Waals surface area (Å²) in [6.45, 7) is 0. The van der Waals surface area contributed by atoms with Crippen LogP contribution in [0.1, 0.15) is 21.5 Å². The fourth-order valence-electron chi connectivity index (χ4n) is 4.05. The number of rotatable bonds is 11. The first kappa shape index (κ1) is 28.8. The van der Waals surface area contributed by atoms with Crippen molar-refractivity contribution >= 4 is 39.0 Å². The van der Waals surface area contributed by atoms with Gasteiger partial charge in [0.1, 0.15) is 6.04 Å². The molecule has 4 aromatic carbocycles. The number of sulfonamides is 1. The van der Waals surface area contributed by atoms with Crippen LogP contribution in [0.4, 0.5) is 5.69 Å². The summed E-state index contributed by atoms with van der Waals surface area (Å²) in [6.07, 6.45) is 0.0503. The lowest BCUT2D eigenvalue weighted by molar-refractivity contribution is -0.117. The van der Waals surface area contributed by atoms with Crippen molar-refractivity contribution in [2.45, 2.75) is 17.4 Å². The minimum absolute atomic E-state index is 0.0503. The Labute approximate surface area is 238 Å². The smallest absolute Gasteiger partial charge is 0.242 e. The van der Waals surface area contributed by atoms with Crippen molar-refractivity contribution in [3.05, 3.63) is 119 Å². The molecule has 0 bridgehead atoms. The van der Waals surface area contributed by atoms with Crippen molar-refractivity contribution in [1.82, 2.24) is 4.72 Å². The Hall–Kier alpha value is -4.18.